The average molecular weight is 293 g/mol. The van der Waals surface area contributed by atoms with Crippen molar-refractivity contribution in [1.82, 2.24) is 5.32 Å². The van der Waals surface area contributed by atoms with Gasteiger partial charge in [-0.2, -0.15) is 0 Å². The number of piperidine rings is 1. The number of rotatable bonds is 1. The van der Waals surface area contributed by atoms with E-state index >= 15 is 0 Å². The zero-order valence-corrected chi connectivity index (χ0v) is 10.5. The first kappa shape index (κ1) is 11.4. The van der Waals surface area contributed by atoms with Crippen LogP contribution in [-0.2, 0) is 0 Å². The van der Waals surface area contributed by atoms with Crippen LogP contribution < -0.4 is 5.32 Å². The fourth-order valence-corrected chi connectivity index (χ4v) is 2.68. The Morgan fingerprint density at radius 1 is 1.33 bits per heavy atom. The molecular formula is C11H12BrClFN. The van der Waals surface area contributed by atoms with Crippen LogP contribution in [0.2, 0.25) is 5.02 Å². The lowest BCUT2D eigenvalue weighted by molar-refractivity contribution is 0.445. The molecule has 1 aliphatic rings. The maximum Gasteiger partial charge on any atom is 0.128 e. The van der Waals surface area contributed by atoms with Crippen molar-refractivity contribution >= 4 is 27.5 Å². The Kier molecular flexibility index (Phi) is 3.65. The number of hydrogen-bond donors (Lipinski definition) is 1. The minimum atomic E-state index is -0.185. The van der Waals surface area contributed by atoms with E-state index in [1.807, 2.05) is 0 Å². The minimum Gasteiger partial charge on any atom is -0.317 e. The van der Waals surface area contributed by atoms with E-state index in [1.165, 1.54) is 6.07 Å². The molecule has 2 rings (SSSR count). The molecule has 15 heavy (non-hydrogen) atoms. The van der Waals surface area contributed by atoms with Crippen LogP contribution in [0.25, 0.3) is 0 Å². The summed E-state index contributed by atoms with van der Waals surface area (Å²) in [6, 6.07) is 3.13. The highest BCUT2D eigenvalue weighted by Crippen LogP contribution is 2.37. The first-order valence-electron chi connectivity index (χ1n) is 5.04. The van der Waals surface area contributed by atoms with Gasteiger partial charge < -0.3 is 5.32 Å². The first-order chi connectivity index (χ1) is 7.20. The Morgan fingerprint density at radius 3 is 2.67 bits per heavy atom. The Bertz CT molecular complexity index is 364. The summed E-state index contributed by atoms with van der Waals surface area (Å²) < 4.78 is 14.5. The molecular weight excluding hydrogens is 280 g/mol. The molecule has 1 heterocycles. The van der Waals surface area contributed by atoms with E-state index in [2.05, 4.69) is 21.2 Å². The third kappa shape index (κ3) is 2.35. The zero-order chi connectivity index (χ0) is 10.8. The highest BCUT2D eigenvalue weighted by atomic mass is 79.9. The maximum absolute atomic E-state index is 13.7. The fourth-order valence-electron chi connectivity index (χ4n) is 2.03. The SMILES string of the molecule is Fc1ccc(Br)c(Cl)c1C1CCNCC1. The van der Waals surface area contributed by atoms with Crippen molar-refractivity contribution in [3.63, 3.8) is 0 Å². The average Bonchev–Trinajstić information content (AvgIpc) is 2.26. The first-order valence-corrected chi connectivity index (χ1v) is 6.21. The fraction of sp³-hybridized carbons (Fsp3) is 0.455. The standard InChI is InChI=1S/C11H12BrClFN/c12-8-1-2-9(14)10(11(8)13)7-3-5-15-6-4-7/h1-2,7,15H,3-6H2. The van der Waals surface area contributed by atoms with E-state index in [0.29, 0.717) is 10.6 Å². The molecule has 0 saturated carbocycles. The summed E-state index contributed by atoms with van der Waals surface area (Å²) in [6.07, 6.45) is 1.90. The number of nitrogens with one attached hydrogen (secondary N) is 1. The van der Waals surface area contributed by atoms with Crippen LogP contribution in [0.4, 0.5) is 4.39 Å². The van der Waals surface area contributed by atoms with Crippen molar-refractivity contribution in [3.05, 3.63) is 33.0 Å². The van der Waals surface area contributed by atoms with Gasteiger partial charge in [0.1, 0.15) is 5.82 Å². The van der Waals surface area contributed by atoms with Crippen LogP contribution in [0.1, 0.15) is 24.3 Å². The molecule has 0 aliphatic carbocycles. The summed E-state index contributed by atoms with van der Waals surface area (Å²) >= 11 is 9.46. The summed E-state index contributed by atoms with van der Waals surface area (Å²) in [5.41, 5.74) is 0.674. The highest BCUT2D eigenvalue weighted by Gasteiger charge is 2.22. The molecule has 4 heteroatoms. The van der Waals surface area contributed by atoms with Gasteiger partial charge in [-0.05, 0) is 59.9 Å². The van der Waals surface area contributed by atoms with Crippen molar-refractivity contribution in [3.8, 4) is 0 Å². The molecule has 1 fully saturated rings. The number of benzene rings is 1. The Morgan fingerprint density at radius 2 is 2.00 bits per heavy atom. The van der Waals surface area contributed by atoms with Crippen molar-refractivity contribution < 1.29 is 4.39 Å². The molecule has 1 aromatic carbocycles. The molecule has 82 valence electrons. The molecule has 0 radical (unpaired) electrons. The molecule has 0 atom stereocenters. The minimum absolute atomic E-state index is 0.185. The van der Waals surface area contributed by atoms with Crippen LogP contribution in [0.3, 0.4) is 0 Å². The predicted molar refractivity (Wildman–Crippen MR) is 64.0 cm³/mol. The molecule has 0 spiro atoms. The second kappa shape index (κ2) is 4.81. The zero-order valence-electron chi connectivity index (χ0n) is 8.19. The molecule has 1 nitrogen and oxygen atoms in total. The molecule has 1 aromatic rings. The summed E-state index contributed by atoms with van der Waals surface area (Å²) in [5, 5.41) is 3.79. The van der Waals surface area contributed by atoms with E-state index < -0.39 is 0 Å². The van der Waals surface area contributed by atoms with Crippen molar-refractivity contribution in [2.24, 2.45) is 0 Å². The van der Waals surface area contributed by atoms with Crippen LogP contribution >= 0.6 is 27.5 Å². The van der Waals surface area contributed by atoms with Gasteiger partial charge in [-0.15, -0.1) is 0 Å². The summed E-state index contributed by atoms with van der Waals surface area (Å²) in [6.45, 7) is 1.87. The van der Waals surface area contributed by atoms with Gasteiger partial charge in [-0.25, -0.2) is 4.39 Å². The topological polar surface area (TPSA) is 12.0 Å². The maximum atomic E-state index is 13.7. The summed E-state index contributed by atoms with van der Waals surface area (Å²) in [5.74, 6) is 0.0614. The molecule has 0 aromatic heterocycles. The Labute approximate surface area is 102 Å². The van der Waals surface area contributed by atoms with E-state index in [0.717, 1.165) is 30.4 Å². The lowest BCUT2D eigenvalue weighted by atomic mass is 9.90. The van der Waals surface area contributed by atoms with Crippen molar-refractivity contribution in [2.75, 3.05) is 13.1 Å². The van der Waals surface area contributed by atoms with Crippen LogP contribution in [0.5, 0.6) is 0 Å². The molecule has 0 unspecified atom stereocenters. The smallest absolute Gasteiger partial charge is 0.128 e. The monoisotopic (exact) mass is 291 g/mol. The van der Waals surface area contributed by atoms with Gasteiger partial charge >= 0.3 is 0 Å². The number of halogens is 3. The van der Waals surface area contributed by atoms with Gasteiger partial charge in [-0.1, -0.05) is 11.6 Å². The van der Waals surface area contributed by atoms with Crippen LogP contribution in [-0.4, -0.2) is 13.1 Å². The van der Waals surface area contributed by atoms with Crippen LogP contribution in [0, 0.1) is 5.82 Å². The Hall–Kier alpha value is -0.120. The normalized spacial score (nSPS) is 18.1. The van der Waals surface area contributed by atoms with E-state index in [9.17, 15) is 4.39 Å². The molecule has 0 bridgehead atoms. The largest absolute Gasteiger partial charge is 0.317 e. The van der Waals surface area contributed by atoms with Gasteiger partial charge in [0.05, 0.1) is 5.02 Å². The van der Waals surface area contributed by atoms with Crippen LogP contribution in [0.15, 0.2) is 16.6 Å². The van der Waals surface area contributed by atoms with Crippen molar-refractivity contribution in [1.29, 1.82) is 0 Å². The lowest BCUT2D eigenvalue weighted by Crippen LogP contribution is -2.27. The van der Waals surface area contributed by atoms with Gasteiger partial charge in [0.25, 0.3) is 0 Å². The second-order valence-electron chi connectivity index (χ2n) is 3.78. The van der Waals surface area contributed by atoms with Gasteiger partial charge in [0.2, 0.25) is 0 Å². The molecule has 1 N–H and O–H groups in total. The van der Waals surface area contributed by atoms with E-state index in [-0.39, 0.29) is 11.7 Å². The van der Waals surface area contributed by atoms with Gasteiger partial charge in [0, 0.05) is 10.0 Å². The van der Waals surface area contributed by atoms with Crippen molar-refractivity contribution in [2.45, 2.75) is 18.8 Å². The quantitative estimate of drug-likeness (QED) is 0.778. The lowest BCUT2D eigenvalue weighted by Gasteiger charge is -2.24. The second-order valence-corrected chi connectivity index (χ2v) is 5.01. The molecule has 1 saturated heterocycles. The van der Waals surface area contributed by atoms with E-state index in [4.69, 9.17) is 11.6 Å². The summed E-state index contributed by atoms with van der Waals surface area (Å²) in [7, 11) is 0. The number of hydrogen-bond acceptors (Lipinski definition) is 1. The Balaban J connectivity index is 2.36. The summed E-state index contributed by atoms with van der Waals surface area (Å²) in [4.78, 5) is 0. The third-order valence-electron chi connectivity index (χ3n) is 2.83. The third-order valence-corrected chi connectivity index (χ3v) is 4.12. The molecule has 1 aliphatic heterocycles. The highest BCUT2D eigenvalue weighted by molar-refractivity contribution is 9.10. The predicted octanol–water partition coefficient (Wildman–Crippen LogP) is 3.71. The van der Waals surface area contributed by atoms with E-state index in [1.54, 1.807) is 6.07 Å². The van der Waals surface area contributed by atoms with Gasteiger partial charge in [-0.3, -0.25) is 0 Å². The molecule has 0 amide bonds. The van der Waals surface area contributed by atoms with Gasteiger partial charge in [0.15, 0.2) is 0 Å².